The number of allylic oxidation sites excluding steroid dienone is 2. The number of Topliss-reactive ketones (excluding diaryl/α,β-unsaturated/α-hetero) is 3. The fourth-order valence-electron chi connectivity index (χ4n) is 4.74. The summed E-state index contributed by atoms with van der Waals surface area (Å²) in [7, 11) is 0. The van der Waals surface area contributed by atoms with Gasteiger partial charge in [0, 0.05) is 42.7 Å². The van der Waals surface area contributed by atoms with Gasteiger partial charge in [0.1, 0.15) is 23.1 Å². The Balaban J connectivity index is 0.00000109. The predicted molar refractivity (Wildman–Crippen MR) is 108 cm³/mol. The molecule has 1 aromatic carbocycles. The van der Waals surface area contributed by atoms with Crippen molar-refractivity contribution in [3.05, 3.63) is 41.2 Å². The average Bonchev–Trinajstić information content (AvgIpc) is 2.60. The topological polar surface area (TPSA) is 60.4 Å². The van der Waals surface area contributed by atoms with Crippen LogP contribution in [0.5, 0.6) is 5.75 Å². The summed E-state index contributed by atoms with van der Waals surface area (Å²) < 4.78 is 6.09. The maximum atomic E-state index is 13.0. The van der Waals surface area contributed by atoms with Crippen molar-refractivity contribution >= 4 is 17.3 Å². The number of carbonyl (C=O) groups is 3. The second-order valence-electron chi connectivity index (χ2n) is 8.82. The monoisotopic (exact) mass is 382 g/mol. The first kappa shape index (κ1) is 20.5. The molecule has 0 aromatic heterocycles. The summed E-state index contributed by atoms with van der Waals surface area (Å²) in [5, 5.41) is 0. The smallest absolute Gasteiger partial charge is 0.163 e. The van der Waals surface area contributed by atoms with Gasteiger partial charge >= 0.3 is 0 Å². The summed E-state index contributed by atoms with van der Waals surface area (Å²) in [6.07, 6.45) is 1.86. The lowest BCUT2D eigenvalue weighted by atomic mass is 9.64. The van der Waals surface area contributed by atoms with Crippen LogP contribution in [-0.2, 0) is 14.4 Å². The van der Waals surface area contributed by atoms with E-state index in [0.717, 1.165) is 5.56 Å². The number of para-hydroxylation sites is 1. The van der Waals surface area contributed by atoms with Crippen LogP contribution in [0.3, 0.4) is 0 Å². The van der Waals surface area contributed by atoms with Crippen molar-refractivity contribution in [2.75, 3.05) is 0 Å². The minimum atomic E-state index is -0.758. The standard InChI is InChI=1S/C22H24O4.C2H6/c1-12-8-14(23)20(15(24)9-12)19-13-6-4-5-7-17(13)26-18-11-22(2,3)10-16(25)21(18)19;1-2/h4-7,12,19-20H,8-11H2,1-3H3;1-2H3. The molecular formula is C24H30O4. The van der Waals surface area contributed by atoms with E-state index in [9.17, 15) is 14.4 Å². The highest BCUT2D eigenvalue weighted by atomic mass is 16.5. The van der Waals surface area contributed by atoms with Crippen LogP contribution in [-0.4, -0.2) is 17.3 Å². The molecule has 28 heavy (non-hydrogen) atoms. The van der Waals surface area contributed by atoms with E-state index in [1.807, 2.05) is 58.9 Å². The molecule has 3 aliphatic rings. The second kappa shape index (κ2) is 7.65. The van der Waals surface area contributed by atoms with Crippen molar-refractivity contribution in [1.29, 1.82) is 0 Å². The minimum Gasteiger partial charge on any atom is -0.461 e. The van der Waals surface area contributed by atoms with Crippen molar-refractivity contribution in [2.45, 2.75) is 66.2 Å². The molecule has 1 unspecified atom stereocenters. The van der Waals surface area contributed by atoms with Crippen LogP contribution in [0.25, 0.3) is 0 Å². The van der Waals surface area contributed by atoms with Gasteiger partial charge in [0.2, 0.25) is 0 Å². The van der Waals surface area contributed by atoms with Gasteiger partial charge in [0.05, 0.1) is 5.92 Å². The molecule has 0 radical (unpaired) electrons. The third-order valence-electron chi connectivity index (χ3n) is 5.80. The number of carbonyl (C=O) groups excluding carboxylic acids is 3. The minimum absolute atomic E-state index is 0.00924. The third kappa shape index (κ3) is 3.57. The molecule has 4 rings (SSSR count). The van der Waals surface area contributed by atoms with Crippen molar-refractivity contribution in [3.8, 4) is 5.75 Å². The summed E-state index contributed by atoms with van der Waals surface area (Å²) in [6.45, 7) is 10.0. The van der Waals surface area contributed by atoms with Gasteiger partial charge < -0.3 is 4.74 Å². The predicted octanol–water partition coefficient (Wildman–Crippen LogP) is 5.02. The number of rotatable bonds is 1. The van der Waals surface area contributed by atoms with E-state index < -0.39 is 11.8 Å². The van der Waals surface area contributed by atoms with E-state index >= 15 is 0 Å². The van der Waals surface area contributed by atoms with Gasteiger partial charge in [-0.25, -0.2) is 0 Å². The first-order chi connectivity index (χ1) is 13.3. The molecule has 2 aliphatic carbocycles. The zero-order chi connectivity index (χ0) is 20.6. The first-order valence-corrected chi connectivity index (χ1v) is 10.4. The molecule has 4 nitrogen and oxygen atoms in total. The number of benzene rings is 1. The fourth-order valence-corrected chi connectivity index (χ4v) is 4.74. The molecule has 1 saturated carbocycles. The number of ether oxygens (including phenoxy) is 1. The van der Waals surface area contributed by atoms with Crippen molar-refractivity contribution < 1.29 is 19.1 Å². The Bertz CT molecular complexity index is 828. The highest BCUT2D eigenvalue weighted by Crippen LogP contribution is 2.51. The van der Waals surface area contributed by atoms with Gasteiger partial charge in [-0.15, -0.1) is 0 Å². The summed E-state index contributed by atoms with van der Waals surface area (Å²) in [6, 6.07) is 7.50. The Morgan fingerprint density at radius 2 is 1.54 bits per heavy atom. The van der Waals surface area contributed by atoms with Crippen LogP contribution < -0.4 is 4.74 Å². The SMILES string of the molecule is CC.CC1CC(=O)C(C2C3=C(CC(C)(C)CC3=O)Oc3ccccc32)C(=O)C1. The van der Waals surface area contributed by atoms with E-state index in [1.54, 1.807) is 0 Å². The number of hydrogen-bond acceptors (Lipinski definition) is 4. The van der Waals surface area contributed by atoms with Crippen molar-refractivity contribution in [2.24, 2.45) is 17.3 Å². The molecule has 150 valence electrons. The van der Waals surface area contributed by atoms with Crippen LogP contribution in [0.1, 0.15) is 71.8 Å². The molecule has 1 aliphatic heterocycles. The zero-order valence-corrected chi connectivity index (χ0v) is 17.5. The summed E-state index contributed by atoms with van der Waals surface area (Å²) in [5.74, 6) is 0.0678. The van der Waals surface area contributed by atoms with E-state index in [4.69, 9.17) is 4.74 Å². The van der Waals surface area contributed by atoms with E-state index in [-0.39, 0.29) is 28.7 Å². The van der Waals surface area contributed by atoms with Gasteiger partial charge in [-0.05, 0) is 17.4 Å². The van der Waals surface area contributed by atoms with Gasteiger partial charge in [-0.2, -0.15) is 0 Å². The molecule has 0 bridgehead atoms. The van der Waals surface area contributed by atoms with Crippen LogP contribution in [0.2, 0.25) is 0 Å². The Hall–Kier alpha value is -2.23. The van der Waals surface area contributed by atoms with Gasteiger partial charge in [0.15, 0.2) is 5.78 Å². The van der Waals surface area contributed by atoms with Gasteiger partial charge in [-0.3, -0.25) is 14.4 Å². The molecule has 0 N–H and O–H groups in total. The molecule has 0 amide bonds. The highest BCUT2D eigenvalue weighted by Gasteiger charge is 2.49. The molecular weight excluding hydrogens is 352 g/mol. The van der Waals surface area contributed by atoms with Gasteiger partial charge in [0.25, 0.3) is 0 Å². The molecule has 4 heteroatoms. The highest BCUT2D eigenvalue weighted by molar-refractivity contribution is 6.09. The van der Waals surface area contributed by atoms with E-state index in [0.29, 0.717) is 42.8 Å². The summed E-state index contributed by atoms with van der Waals surface area (Å²) in [4.78, 5) is 38.7. The van der Waals surface area contributed by atoms with Gasteiger partial charge in [-0.1, -0.05) is 52.8 Å². The summed E-state index contributed by atoms with van der Waals surface area (Å²) >= 11 is 0. The lowest BCUT2D eigenvalue weighted by Crippen LogP contribution is -2.42. The summed E-state index contributed by atoms with van der Waals surface area (Å²) in [5.41, 5.74) is 1.17. The average molecular weight is 383 g/mol. The Morgan fingerprint density at radius 1 is 0.929 bits per heavy atom. The largest absolute Gasteiger partial charge is 0.461 e. The van der Waals surface area contributed by atoms with Crippen LogP contribution in [0, 0.1) is 17.3 Å². The van der Waals surface area contributed by atoms with Crippen molar-refractivity contribution in [1.82, 2.24) is 0 Å². The van der Waals surface area contributed by atoms with Crippen molar-refractivity contribution in [3.63, 3.8) is 0 Å². The van der Waals surface area contributed by atoms with Crippen LogP contribution in [0.4, 0.5) is 0 Å². The van der Waals surface area contributed by atoms with E-state index in [2.05, 4.69) is 0 Å². The molecule has 0 spiro atoms. The maximum absolute atomic E-state index is 13.0. The third-order valence-corrected chi connectivity index (χ3v) is 5.80. The molecule has 1 atom stereocenters. The lowest BCUT2D eigenvalue weighted by Gasteiger charge is -2.41. The first-order valence-electron chi connectivity index (χ1n) is 10.4. The van der Waals surface area contributed by atoms with Crippen LogP contribution in [0.15, 0.2) is 35.6 Å². The fraction of sp³-hybridized carbons (Fsp3) is 0.542. The molecule has 1 aromatic rings. The number of ketones is 3. The Kier molecular flexibility index (Phi) is 5.60. The Morgan fingerprint density at radius 3 is 2.18 bits per heavy atom. The van der Waals surface area contributed by atoms with E-state index in [1.165, 1.54) is 0 Å². The second-order valence-corrected chi connectivity index (χ2v) is 8.82. The van der Waals surface area contributed by atoms with Crippen LogP contribution >= 0.6 is 0 Å². The quantitative estimate of drug-likeness (QED) is 0.640. The number of hydrogen-bond donors (Lipinski definition) is 0. The molecule has 0 saturated heterocycles. The molecule has 1 fully saturated rings. The molecule has 1 heterocycles. The number of fused-ring (bicyclic) bond motifs is 1. The Labute approximate surface area is 167 Å². The zero-order valence-electron chi connectivity index (χ0n) is 17.5. The normalized spacial score (nSPS) is 28.6. The lowest BCUT2D eigenvalue weighted by molar-refractivity contribution is -0.137. The maximum Gasteiger partial charge on any atom is 0.163 e.